The Bertz CT molecular complexity index is 461. The van der Waals surface area contributed by atoms with Crippen LogP contribution < -0.4 is 0 Å². The van der Waals surface area contributed by atoms with Gasteiger partial charge >= 0.3 is 5.97 Å². The fourth-order valence-electron chi connectivity index (χ4n) is 2.69. The number of rotatable bonds is 10. The number of carbonyl (C=O) groups is 2. The number of carboxylic acids is 1. The van der Waals surface area contributed by atoms with Crippen molar-refractivity contribution in [2.45, 2.75) is 63.4 Å². The second kappa shape index (κ2) is 9.73. The van der Waals surface area contributed by atoms with E-state index in [9.17, 15) is 24.9 Å². The largest absolute Gasteiger partial charge is 0.480 e. The second-order valence-electron chi connectivity index (χ2n) is 6.01. The molecule has 1 rings (SSSR count). The standard InChI is InChI=1S/C16H26O8/c1-2-3-4-5-9(18)6-10-11(19)7-13(16(22)23)24-15(10)14(21)12(20)8-17/h7,10-12,14-15,17,19-21H,2-6,8H2,1H3,(H,22,23)/t10-,11-,12?,14?,15?/m1/s1. The van der Waals surface area contributed by atoms with Gasteiger partial charge in [0.05, 0.1) is 12.7 Å². The molecular formula is C16H26O8. The van der Waals surface area contributed by atoms with Crippen LogP contribution in [0.4, 0.5) is 0 Å². The van der Waals surface area contributed by atoms with Crippen LogP contribution in [0, 0.1) is 5.92 Å². The number of Topliss-reactive ketones (excluding diaryl/α,β-unsaturated/α-hetero) is 1. The van der Waals surface area contributed by atoms with Gasteiger partial charge in [-0.15, -0.1) is 0 Å². The number of ketones is 1. The van der Waals surface area contributed by atoms with E-state index in [-0.39, 0.29) is 12.2 Å². The van der Waals surface area contributed by atoms with Crippen molar-refractivity contribution in [3.05, 3.63) is 11.8 Å². The van der Waals surface area contributed by atoms with Crippen LogP contribution in [-0.2, 0) is 14.3 Å². The van der Waals surface area contributed by atoms with Crippen molar-refractivity contribution in [1.29, 1.82) is 0 Å². The van der Waals surface area contributed by atoms with E-state index < -0.39 is 48.7 Å². The average Bonchev–Trinajstić information content (AvgIpc) is 2.55. The summed E-state index contributed by atoms with van der Waals surface area (Å²) >= 11 is 0. The third-order valence-corrected chi connectivity index (χ3v) is 4.10. The van der Waals surface area contributed by atoms with Gasteiger partial charge in [-0.2, -0.15) is 0 Å². The zero-order valence-corrected chi connectivity index (χ0v) is 13.7. The third-order valence-electron chi connectivity index (χ3n) is 4.10. The molecule has 3 unspecified atom stereocenters. The van der Waals surface area contributed by atoms with Crippen molar-refractivity contribution in [1.82, 2.24) is 0 Å². The first-order valence-corrected chi connectivity index (χ1v) is 8.10. The quantitative estimate of drug-likeness (QED) is 0.336. The number of ether oxygens (including phenoxy) is 1. The first kappa shape index (κ1) is 20.6. The second-order valence-corrected chi connectivity index (χ2v) is 6.01. The Labute approximate surface area is 140 Å². The zero-order valence-electron chi connectivity index (χ0n) is 13.7. The third kappa shape index (κ3) is 5.55. The summed E-state index contributed by atoms with van der Waals surface area (Å²) in [4.78, 5) is 23.1. The molecule has 5 N–H and O–H groups in total. The lowest BCUT2D eigenvalue weighted by molar-refractivity contribution is -0.154. The Morgan fingerprint density at radius 1 is 1.29 bits per heavy atom. The minimum Gasteiger partial charge on any atom is -0.480 e. The highest BCUT2D eigenvalue weighted by molar-refractivity contribution is 5.84. The van der Waals surface area contributed by atoms with Gasteiger partial charge in [0.1, 0.15) is 24.1 Å². The van der Waals surface area contributed by atoms with Gasteiger partial charge in [-0.3, -0.25) is 4.79 Å². The Hall–Kier alpha value is -1.48. The van der Waals surface area contributed by atoms with Gasteiger partial charge < -0.3 is 30.3 Å². The van der Waals surface area contributed by atoms with Crippen LogP contribution in [0.2, 0.25) is 0 Å². The van der Waals surface area contributed by atoms with E-state index in [1.54, 1.807) is 0 Å². The summed E-state index contributed by atoms with van der Waals surface area (Å²) in [6, 6.07) is 0. The van der Waals surface area contributed by atoms with Gasteiger partial charge in [0.15, 0.2) is 0 Å². The average molecular weight is 346 g/mol. The number of hydrogen-bond donors (Lipinski definition) is 5. The van der Waals surface area contributed by atoms with Crippen molar-refractivity contribution in [2.24, 2.45) is 5.92 Å². The number of unbranched alkanes of at least 4 members (excludes halogenated alkanes) is 2. The molecule has 1 heterocycles. The van der Waals surface area contributed by atoms with Crippen molar-refractivity contribution in [3.63, 3.8) is 0 Å². The topological polar surface area (TPSA) is 145 Å². The van der Waals surface area contributed by atoms with Crippen LogP contribution >= 0.6 is 0 Å². The maximum absolute atomic E-state index is 12.1. The van der Waals surface area contributed by atoms with Crippen molar-refractivity contribution in [3.8, 4) is 0 Å². The van der Waals surface area contributed by atoms with Crippen LogP contribution in [0.3, 0.4) is 0 Å². The monoisotopic (exact) mass is 346 g/mol. The summed E-state index contributed by atoms with van der Waals surface area (Å²) < 4.78 is 5.17. The highest BCUT2D eigenvalue weighted by atomic mass is 16.5. The van der Waals surface area contributed by atoms with E-state index in [2.05, 4.69) is 0 Å². The number of aliphatic hydroxyl groups excluding tert-OH is 4. The number of aliphatic hydroxyl groups is 4. The molecule has 1 aliphatic rings. The van der Waals surface area contributed by atoms with Crippen LogP contribution in [0.1, 0.15) is 39.0 Å². The summed E-state index contributed by atoms with van der Waals surface area (Å²) in [5.74, 6) is -3.04. The van der Waals surface area contributed by atoms with Crippen molar-refractivity contribution < 1.29 is 39.9 Å². The minimum absolute atomic E-state index is 0.117. The van der Waals surface area contributed by atoms with Crippen molar-refractivity contribution in [2.75, 3.05) is 6.61 Å². The fraction of sp³-hybridized carbons (Fsp3) is 0.750. The molecule has 0 aliphatic carbocycles. The highest BCUT2D eigenvalue weighted by Crippen LogP contribution is 2.30. The smallest absolute Gasteiger partial charge is 0.370 e. The zero-order chi connectivity index (χ0) is 18.3. The Balaban J connectivity index is 2.90. The molecule has 0 aromatic carbocycles. The molecule has 0 spiro atoms. The summed E-state index contributed by atoms with van der Waals surface area (Å²) in [7, 11) is 0. The normalized spacial score (nSPS) is 26.2. The lowest BCUT2D eigenvalue weighted by Gasteiger charge is -2.37. The highest BCUT2D eigenvalue weighted by Gasteiger charge is 2.43. The molecule has 1 aliphatic heterocycles. The minimum atomic E-state index is -1.64. The van der Waals surface area contributed by atoms with Gasteiger partial charge in [0.25, 0.3) is 0 Å². The number of carbonyl (C=O) groups excluding carboxylic acids is 1. The molecular weight excluding hydrogens is 320 g/mol. The molecule has 24 heavy (non-hydrogen) atoms. The summed E-state index contributed by atoms with van der Waals surface area (Å²) in [6.45, 7) is 1.24. The maximum atomic E-state index is 12.1. The van der Waals surface area contributed by atoms with Gasteiger partial charge in [0.2, 0.25) is 5.76 Å². The van der Waals surface area contributed by atoms with Gasteiger partial charge in [-0.05, 0) is 12.5 Å². The van der Waals surface area contributed by atoms with Crippen LogP contribution in [0.5, 0.6) is 0 Å². The molecule has 0 aromatic rings. The molecule has 0 saturated heterocycles. The van der Waals surface area contributed by atoms with E-state index in [0.717, 1.165) is 18.9 Å². The predicted octanol–water partition coefficient (Wildman–Crippen LogP) is -0.416. The molecule has 0 amide bonds. The first-order chi connectivity index (χ1) is 11.3. The van der Waals surface area contributed by atoms with Gasteiger partial charge in [-0.25, -0.2) is 4.79 Å². The number of hydrogen-bond acceptors (Lipinski definition) is 7. The maximum Gasteiger partial charge on any atom is 0.370 e. The Kier molecular flexibility index (Phi) is 8.34. The summed E-state index contributed by atoms with van der Waals surface area (Å²) in [5, 5.41) is 47.8. The van der Waals surface area contributed by atoms with E-state index in [1.165, 1.54) is 0 Å². The predicted molar refractivity (Wildman–Crippen MR) is 83.0 cm³/mol. The number of aliphatic carboxylic acids is 1. The molecule has 5 atom stereocenters. The van der Waals surface area contributed by atoms with Gasteiger partial charge in [0, 0.05) is 18.8 Å². The molecule has 0 aromatic heterocycles. The number of carboxylic acid groups (broad SMARTS) is 1. The summed E-state index contributed by atoms with van der Waals surface area (Å²) in [6.07, 6.45) is -2.10. The Morgan fingerprint density at radius 3 is 2.50 bits per heavy atom. The first-order valence-electron chi connectivity index (χ1n) is 8.10. The van der Waals surface area contributed by atoms with E-state index in [0.29, 0.717) is 12.8 Å². The van der Waals surface area contributed by atoms with Crippen LogP contribution in [0.15, 0.2) is 11.8 Å². The molecule has 138 valence electrons. The van der Waals surface area contributed by atoms with Gasteiger partial charge in [-0.1, -0.05) is 19.8 Å². The van der Waals surface area contributed by atoms with Crippen LogP contribution in [-0.4, -0.2) is 68.3 Å². The van der Waals surface area contributed by atoms with Crippen LogP contribution in [0.25, 0.3) is 0 Å². The summed E-state index contributed by atoms with van der Waals surface area (Å²) in [5.41, 5.74) is 0. The molecule has 8 heteroatoms. The fourth-order valence-corrected chi connectivity index (χ4v) is 2.69. The van der Waals surface area contributed by atoms with E-state index >= 15 is 0 Å². The van der Waals surface area contributed by atoms with E-state index in [4.69, 9.17) is 14.9 Å². The molecule has 0 radical (unpaired) electrons. The molecule has 0 bridgehead atoms. The van der Waals surface area contributed by atoms with Crippen molar-refractivity contribution >= 4 is 11.8 Å². The molecule has 0 saturated carbocycles. The molecule has 0 fully saturated rings. The van der Waals surface area contributed by atoms with E-state index in [1.807, 2.05) is 6.92 Å². The Morgan fingerprint density at radius 2 is 1.96 bits per heavy atom. The lowest BCUT2D eigenvalue weighted by Crippen LogP contribution is -2.51. The molecule has 8 nitrogen and oxygen atoms in total. The SMILES string of the molecule is CCCCCC(=O)C[C@H]1C(C(O)C(O)CO)OC(C(=O)O)=C[C@H]1O. The lowest BCUT2D eigenvalue weighted by atomic mass is 9.83.